The number of rotatable bonds is 4. The number of halogens is 1. The Morgan fingerprint density at radius 1 is 1.40 bits per heavy atom. The lowest BCUT2D eigenvalue weighted by atomic mass is 9.97. The number of carbonyl (C=O) groups is 2. The van der Waals surface area contributed by atoms with Gasteiger partial charge in [-0.2, -0.15) is 0 Å². The summed E-state index contributed by atoms with van der Waals surface area (Å²) in [6.45, 7) is 1.09. The number of nitrogens with zero attached hydrogens (tertiary/aromatic N) is 1. The first-order valence-electron chi connectivity index (χ1n) is 6.88. The van der Waals surface area contributed by atoms with Crippen molar-refractivity contribution in [3.8, 4) is 0 Å². The number of hydrogen-bond donors (Lipinski definition) is 1. The molecule has 2 rings (SSSR count). The lowest BCUT2D eigenvalue weighted by molar-refractivity contribution is -0.134. The average molecular weight is 278 g/mol. The van der Waals surface area contributed by atoms with Crippen LogP contribution in [0.25, 0.3) is 0 Å². The highest BCUT2D eigenvalue weighted by Crippen LogP contribution is 2.17. The number of piperidine rings is 1. The summed E-state index contributed by atoms with van der Waals surface area (Å²) >= 11 is 0. The van der Waals surface area contributed by atoms with Gasteiger partial charge in [-0.05, 0) is 37.0 Å². The van der Waals surface area contributed by atoms with Gasteiger partial charge >= 0.3 is 0 Å². The molecule has 2 N–H and O–H groups in total. The summed E-state index contributed by atoms with van der Waals surface area (Å²) in [5.41, 5.74) is 6.10. The van der Waals surface area contributed by atoms with Gasteiger partial charge in [0.2, 0.25) is 11.8 Å². The van der Waals surface area contributed by atoms with E-state index in [-0.39, 0.29) is 23.5 Å². The summed E-state index contributed by atoms with van der Waals surface area (Å²) < 4.78 is 13.0. The zero-order chi connectivity index (χ0) is 14.5. The van der Waals surface area contributed by atoms with Crippen LogP contribution in [0.4, 0.5) is 4.39 Å². The van der Waals surface area contributed by atoms with Crippen LogP contribution in [-0.4, -0.2) is 29.8 Å². The number of likely N-dealkylation sites (tertiary alicyclic amines) is 1. The highest BCUT2D eigenvalue weighted by molar-refractivity contribution is 5.80. The smallest absolute Gasteiger partial charge is 0.222 e. The van der Waals surface area contributed by atoms with E-state index in [1.54, 1.807) is 17.0 Å². The average Bonchev–Trinajstić information content (AvgIpc) is 2.45. The SMILES string of the molecule is NC(=O)C1CCCN(C(=O)CCc2cccc(F)c2)C1. The Balaban J connectivity index is 1.87. The van der Waals surface area contributed by atoms with Gasteiger partial charge < -0.3 is 10.6 Å². The van der Waals surface area contributed by atoms with Crippen LogP contribution < -0.4 is 5.73 Å². The van der Waals surface area contributed by atoms with Gasteiger partial charge in [-0.3, -0.25) is 9.59 Å². The van der Waals surface area contributed by atoms with Crippen LogP contribution >= 0.6 is 0 Å². The van der Waals surface area contributed by atoms with Crippen LogP contribution in [-0.2, 0) is 16.0 Å². The number of aryl methyl sites for hydroxylation is 1. The molecule has 1 aliphatic heterocycles. The molecule has 1 aromatic carbocycles. The van der Waals surface area contributed by atoms with Crippen LogP contribution in [0.5, 0.6) is 0 Å². The zero-order valence-electron chi connectivity index (χ0n) is 11.3. The minimum absolute atomic E-state index is 0.000196. The van der Waals surface area contributed by atoms with E-state index in [9.17, 15) is 14.0 Å². The molecule has 4 nitrogen and oxygen atoms in total. The van der Waals surface area contributed by atoms with Crippen LogP contribution in [0, 0.1) is 11.7 Å². The minimum Gasteiger partial charge on any atom is -0.369 e. The standard InChI is InChI=1S/C15H19FN2O2/c16-13-5-1-3-11(9-13)6-7-14(19)18-8-2-4-12(10-18)15(17)20/h1,3,5,9,12H,2,4,6-8,10H2,(H2,17,20). The molecule has 5 heteroatoms. The molecule has 1 saturated heterocycles. The molecule has 20 heavy (non-hydrogen) atoms. The van der Waals surface area contributed by atoms with Gasteiger partial charge in [-0.15, -0.1) is 0 Å². The summed E-state index contributed by atoms with van der Waals surface area (Å²) in [6, 6.07) is 6.26. The van der Waals surface area contributed by atoms with Gasteiger partial charge in [0.05, 0.1) is 5.92 Å². The number of nitrogens with two attached hydrogens (primary N) is 1. The minimum atomic E-state index is -0.340. The van der Waals surface area contributed by atoms with Crippen molar-refractivity contribution in [2.45, 2.75) is 25.7 Å². The molecule has 1 atom stereocenters. The van der Waals surface area contributed by atoms with Gasteiger partial charge in [0.25, 0.3) is 0 Å². The van der Waals surface area contributed by atoms with E-state index >= 15 is 0 Å². The molecule has 1 aromatic rings. The molecule has 0 aliphatic carbocycles. The topological polar surface area (TPSA) is 63.4 Å². The lowest BCUT2D eigenvalue weighted by Crippen LogP contribution is -2.44. The molecular weight excluding hydrogens is 259 g/mol. The molecule has 0 spiro atoms. The number of benzene rings is 1. The summed E-state index contributed by atoms with van der Waals surface area (Å²) in [6.07, 6.45) is 2.39. The van der Waals surface area contributed by atoms with E-state index in [0.717, 1.165) is 18.4 Å². The summed E-state index contributed by atoms with van der Waals surface area (Å²) in [5, 5.41) is 0. The lowest BCUT2D eigenvalue weighted by Gasteiger charge is -2.31. The Bertz CT molecular complexity index is 504. The number of carbonyl (C=O) groups excluding carboxylic acids is 2. The second-order valence-corrected chi connectivity index (χ2v) is 5.21. The van der Waals surface area contributed by atoms with Crippen molar-refractivity contribution in [2.24, 2.45) is 11.7 Å². The van der Waals surface area contributed by atoms with Crippen LogP contribution in [0.2, 0.25) is 0 Å². The second-order valence-electron chi connectivity index (χ2n) is 5.21. The predicted molar refractivity (Wildman–Crippen MR) is 73.2 cm³/mol. The third-order valence-electron chi connectivity index (χ3n) is 3.69. The fraction of sp³-hybridized carbons (Fsp3) is 0.467. The Kier molecular flexibility index (Phi) is 4.71. The van der Waals surface area contributed by atoms with Crippen LogP contribution in [0.15, 0.2) is 24.3 Å². The van der Waals surface area contributed by atoms with Gasteiger partial charge in [-0.1, -0.05) is 12.1 Å². The molecule has 2 amide bonds. The van der Waals surface area contributed by atoms with Crippen molar-refractivity contribution in [3.63, 3.8) is 0 Å². The maximum atomic E-state index is 13.0. The van der Waals surface area contributed by atoms with E-state index in [0.29, 0.717) is 25.9 Å². The summed E-state index contributed by atoms with van der Waals surface area (Å²) in [5.74, 6) is -0.864. The fourth-order valence-corrected chi connectivity index (χ4v) is 2.54. The third-order valence-corrected chi connectivity index (χ3v) is 3.69. The fourth-order valence-electron chi connectivity index (χ4n) is 2.54. The molecule has 108 valence electrons. The molecule has 0 bridgehead atoms. The quantitative estimate of drug-likeness (QED) is 0.906. The molecule has 0 radical (unpaired) electrons. The van der Waals surface area contributed by atoms with Crippen molar-refractivity contribution in [3.05, 3.63) is 35.6 Å². The van der Waals surface area contributed by atoms with Gasteiger partial charge in [0, 0.05) is 19.5 Å². The Labute approximate surface area is 117 Å². The molecule has 1 heterocycles. The van der Waals surface area contributed by atoms with Crippen molar-refractivity contribution < 1.29 is 14.0 Å². The molecule has 0 saturated carbocycles. The predicted octanol–water partition coefficient (Wildman–Crippen LogP) is 1.48. The van der Waals surface area contributed by atoms with E-state index in [1.165, 1.54) is 12.1 Å². The highest BCUT2D eigenvalue weighted by Gasteiger charge is 2.26. The van der Waals surface area contributed by atoms with Gasteiger partial charge in [-0.25, -0.2) is 4.39 Å². The highest BCUT2D eigenvalue weighted by atomic mass is 19.1. The summed E-state index contributed by atoms with van der Waals surface area (Å²) in [7, 11) is 0. The van der Waals surface area contributed by atoms with Crippen molar-refractivity contribution in [1.82, 2.24) is 4.90 Å². The Morgan fingerprint density at radius 3 is 2.90 bits per heavy atom. The Morgan fingerprint density at radius 2 is 2.20 bits per heavy atom. The first kappa shape index (κ1) is 14.5. The first-order valence-corrected chi connectivity index (χ1v) is 6.88. The number of primary amides is 1. The van der Waals surface area contributed by atoms with E-state index in [1.807, 2.05) is 0 Å². The van der Waals surface area contributed by atoms with E-state index < -0.39 is 0 Å². The number of amides is 2. The molecule has 1 aliphatic rings. The molecule has 1 unspecified atom stereocenters. The molecule has 0 aromatic heterocycles. The second kappa shape index (κ2) is 6.50. The van der Waals surface area contributed by atoms with E-state index in [4.69, 9.17) is 5.73 Å². The van der Waals surface area contributed by atoms with Gasteiger partial charge in [0.1, 0.15) is 5.82 Å². The first-order chi connectivity index (χ1) is 9.56. The maximum Gasteiger partial charge on any atom is 0.222 e. The molecular formula is C15H19FN2O2. The van der Waals surface area contributed by atoms with Crippen molar-refractivity contribution >= 4 is 11.8 Å². The third kappa shape index (κ3) is 3.79. The normalized spacial score (nSPS) is 18.9. The van der Waals surface area contributed by atoms with Gasteiger partial charge in [0.15, 0.2) is 0 Å². The molecule has 1 fully saturated rings. The van der Waals surface area contributed by atoms with E-state index in [2.05, 4.69) is 0 Å². The zero-order valence-corrected chi connectivity index (χ0v) is 11.3. The maximum absolute atomic E-state index is 13.0. The monoisotopic (exact) mass is 278 g/mol. The van der Waals surface area contributed by atoms with Crippen LogP contribution in [0.3, 0.4) is 0 Å². The van der Waals surface area contributed by atoms with Crippen LogP contribution in [0.1, 0.15) is 24.8 Å². The Hall–Kier alpha value is -1.91. The number of hydrogen-bond acceptors (Lipinski definition) is 2. The summed E-state index contributed by atoms with van der Waals surface area (Å²) in [4.78, 5) is 25.0. The van der Waals surface area contributed by atoms with Crippen molar-refractivity contribution in [1.29, 1.82) is 0 Å². The largest absolute Gasteiger partial charge is 0.369 e. The van der Waals surface area contributed by atoms with Crippen molar-refractivity contribution in [2.75, 3.05) is 13.1 Å².